The third-order valence-electron chi connectivity index (χ3n) is 2.26. The van der Waals surface area contributed by atoms with Crippen molar-refractivity contribution in [3.05, 3.63) is 10.1 Å². The Morgan fingerprint density at radius 2 is 2.23 bits per heavy atom. The van der Waals surface area contributed by atoms with E-state index < -0.39 is 0 Å². The first-order valence-corrected chi connectivity index (χ1v) is 5.04. The number of hydrogen-bond donors (Lipinski definition) is 0. The molecule has 1 aliphatic rings. The molecule has 0 saturated heterocycles. The Hall–Kier alpha value is -0.230. The predicted molar refractivity (Wildman–Crippen MR) is 54.6 cm³/mol. The molecule has 72 valence electrons. The minimum atomic E-state index is 0.267. The van der Waals surface area contributed by atoms with Crippen LogP contribution in [0.3, 0.4) is 0 Å². The molecule has 0 spiro atoms. The molecule has 0 aromatic rings. The number of nitrogens with zero attached hydrogens (tertiary/aromatic N) is 2. The van der Waals surface area contributed by atoms with E-state index in [0.29, 0.717) is 13.0 Å². The molecule has 1 unspecified atom stereocenters. The molecule has 0 aromatic carbocycles. The molecule has 1 rings (SSSR count). The first-order valence-electron chi connectivity index (χ1n) is 4.29. The topological polar surface area (TPSA) is 27.0 Å². The molecule has 0 fully saturated rings. The van der Waals surface area contributed by atoms with Crippen molar-refractivity contribution in [3.8, 4) is 6.07 Å². The Bertz CT molecular complexity index is 255. The van der Waals surface area contributed by atoms with Crippen LogP contribution in [-0.4, -0.2) is 24.0 Å². The van der Waals surface area contributed by atoms with E-state index in [2.05, 4.69) is 11.0 Å². The molecule has 0 aliphatic carbocycles. The second-order valence-corrected chi connectivity index (χ2v) is 4.15. The zero-order valence-corrected chi connectivity index (χ0v) is 9.07. The van der Waals surface area contributed by atoms with E-state index >= 15 is 0 Å². The number of halogens is 2. The van der Waals surface area contributed by atoms with Crippen LogP contribution in [0.4, 0.5) is 0 Å². The largest absolute Gasteiger partial charge is 0.294 e. The van der Waals surface area contributed by atoms with Crippen molar-refractivity contribution in [1.82, 2.24) is 4.90 Å². The molecule has 0 amide bonds. The number of nitriles is 1. The molecule has 1 heterocycles. The molecule has 0 saturated carbocycles. The van der Waals surface area contributed by atoms with Gasteiger partial charge in [0.25, 0.3) is 0 Å². The average molecular weight is 219 g/mol. The maximum Gasteiger partial charge on any atom is 0.0638 e. The Morgan fingerprint density at radius 1 is 1.54 bits per heavy atom. The van der Waals surface area contributed by atoms with Gasteiger partial charge in [-0.2, -0.15) is 5.26 Å². The first kappa shape index (κ1) is 10.8. The van der Waals surface area contributed by atoms with Gasteiger partial charge < -0.3 is 0 Å². The van der Waals surface area contributed by atoms with Crippen molar-refractivity contribution in [2.45, 2.75) is 25.8 Å². The Morgan fingerprint density at radius 3 is 2.77 bits per heavy atom. The van der Waals surface area contributed by atoms with E-state index in [-0.39, 0.29) is 6.04 Å². The third kappa shape index (κ3) is 2.87. The van der Waals surface area contributed by atoms with Gasteiger partial charge in [-0.3, -0.25) is 4.90 Å². The molecular weight excluding hydrogens is 207 g/mol. The summed E-state index contributed by atoms with van der Waals surface area (Å²) in [6.07, 6.45) is 1.35. The lowest BCUT2D eigenvalue weighted by atomic mass is 10.1. The summed E-state index contributed by atoms with van der Waals surface area (Å²) in [5.41, 5.74) is 0. The Kier molecular flexibility index (Phi) is 4.05. The van der Waals surface area contributed by atoms with Crippen molar-refractivity contribution in [2.75, 3.05) is 13.1 Å². The summed E-state index contributed by atoms with van der Waals surface area (Å²) in [6, 6.07) is 2.42. The minimum absolute atomic E-state index is 0.267. The summed E-state index contributed by atoms with van der Waals surface area (Å²) in [6.45, 7) is 3.62. The molecule has 1 atom stereocenters. The van der Waals surface area contributed by atoms with Crippen LogP contribution in [0.1, 0.15) is 19.8 Å². The summed E-state index contributed by atoms with van der Waals surface area (Å²) >= 11 is 11.8. The van der Waals surface area contributed by atoms with Crippen LogP contribution in [0.2, 0.25) is 0 Å². The van der Waals surface area contributed by atoms with E-state index in [4.69, 9.17) is 28.5 Å². The highest BCUT2D eigenvalue weighted by atomic mass is 35.5. The maximum atomic E-state index is 8.54. The van der Waals surface area contributed by atoms with Crippen molar-refractivity contribution in [1.29, 1.82) is 5.26 Å². The lowest BCUT2D eigenvalue weighted by Crippen LogP contribution is -2.37. The van der Waals surface area contributed by atoms with Crippen LogP contribution in [0.15, 0.2) is 10.1 Å². The van der Waals surface area contributed by atoms with E-state index in [1.165, 1.54) is 0 Å². The van der Waals surface area contributed by atoms with Crippen molar-refractivity contribution in [3.63, 3.8) is 0 Å². The summed E-state index contributed by atoms with van der Waals surface area (Å²) in [5.74, 6) is 0. The minimum Gasteiger partial charge on any atom is -0.294 e. The third-order valence-corrected chi connectivity index (χ3v) is 3.13. The van der Waals surface area contributed by atoms with E-state index in [9.17, 15) is 0 Å². The quantitative estimate of drug-likeness (QED) is 0.713. The SMILES string of the molecule is CC(CC#N)N1CCC(Cl)=C(Cl)C1. The van der Waals surface area contributed by atoms with Gasteiger partial charge in [-0.15, -0.1) is 0 Å². The fraction of sp³-hybridized carbons (Fsp3) is 0.667. The van der Waals surface area contributed by atoms with Crippen LogP contribution in [0, 0.1) is 11.3 Å². The highest BCUT2D eigenvalue weighted by Crippen LogP contribution is 2.25. The highest BCUT2D eigenvalue weighted by molar-refractivity contribution is 6.39. The molecule has 2 nitrogen and oxygen atoms in total. The molecular formula is C9H12Cl2N2. The van der Waals surface area contributed by atoms with Crippen molar-refractivity contribution >= 4 is 23.2 Å². The molecule has 4 heteroatoms. The van der Waals surface area contributed by atoms with Crippen molar-refractivity contribution in [2.24, 2.45) is 0 Å². The van der Waals surface area contributed by atoms with Gasteiger partial charge in [-0.05, 0) is 13.3 Å². The molecule has 13 heavy (non-hydrogen) atoms. The number of rotatable bonds is 2. The van der Waals surface area contributed by atoms with Gasteiger partial charge in [-0.25, -0.2) is 0 Å². The summed E-state index contributed by atoms with van der Waals surface area (Å²) in [7, 11) is 0. The van der Waals surface area contributed by atoms with Gasteiger partial charge in [0.2, 0.25) is 0 Å². The fourth-order valence-electron chi connectivity index (χ4n) is 1.36. The van der Waals surface area contributed by atoms with Crippen LogP contribution in [0.25, 0.3) is 0 Å². The van der Waals surface area contributed by atoms with Crippen LogP contribution in [-0.2, 0) is 0 Å². The van der Waals surface area contributed by atoms with E-state index in [1.54, 1.807) is 0 Å². The Labute approximate surface area is 88.7 Å². The van der Waals surface area contributed by atoms with E-state index in [0.717, 1.165) is 23.0 Å². The first-order chi connectivity index (χ1) is 6.15. The van der Waals surface area contributed by atoms with Gasteiger partial charge in [-0.1, -0.05) is 23.2 Å². The molecule has 0 N–H and O–H groups in total. The van der Waals surface area contributed by atoms with Gasteiger partial charge in [0.1, 0.15) is 0 Å². The zero-order valence-electron chi connectivity index (χ0n) is 7.56. The maximum absolute atomic E-state index is 8.54. The monoisotopic (exact) mass is 218 g/mol. The fourth-order valence-corrected chi connectivity index (χ4v) is 1.75. The lowest BCUT2D eigenvalue weighted by Gasteiger charge is -2.30. The van der Waals surface area contributed by atoms with Gasteiger partial charge in [0.15, 0.2) is 0 Å². The highest BCUT2D eigenvalue weighted by Gasteiger charge is 2.20. The average Bonchev–Trinajstić information content (AvgIpc) is 2.10. The molecule has 0 aromatic heterocycles. The summed E-state index contributed by atoms with van der Waals surface area (Å²) < 4.78 is 0. The molecule has 1 aliphatic heterocycles. The second kappa shape index (κ2) is 4.85. The standard InChI is InChI=1S/C9H12Cl2N2/c1-7(2-4-12)13-5-3-8(10)9(11)6-13/h7H,2-3,5-6H2,1H3. The lowest BCUT2D eigenvalue weighted by molar-refractivity contribution is 0.227. The summed E-state index contributed by atoms with van der Waals surface area (Å²) in [5, 5.41) is 10.0. The van der Waals surface area contributed by atoms with E-state index in [1.807, 2.05) is 6.92 Å². The molecule has 0 radical (unpaired) electrons. The van der Waals surface area contributed by atoms with Gasteiger partial charge in [0.05, 0.1) is 12.5 Å². The predicted octanol–water partition coefficient (Wildman–Crippen LogP) is 2.68. The normalized spacial score (nSPS) is 21.4. The van der Waals surface area contributed by atoms with Gasteiger partial charge >= 0.3 is 0 Å². The zero-order chi connectivity index (χ0) is 9.84. The van der Waals surface area contributed by atoms with Crippen LogP contribution < -0.4 is 0 Å². The van der Waals surface area contributed by atoms with Gasteiger partial charge in [0, 0.05) is 29.2 Å². The smallest absolute Gasteiger partial charge is 0.0638 e. The summed E-state index contributed by atoms with van der Waals surface area (Å²) in [4.78, 5) is 2.18. The number of hydrogen-bond acceptors (Lipinski definition) is 2. The van der Waals surface area contributed by atoms with Crippen LogP contribution in [0.5, 0.6) is 0 Å². The van der Waals surface area contributed by atoms with Crippen LogP contribution >= 0.6 is 23.2 Å². The molecule has 0 bridgehead atoms. The second-order valence-electron chi connectivity index (χ2n) is 3.24. The Balaban J connectivity index is 2.54. The van der Waals surface area contributed by atoms with Crippen molar-refractivity contribution < 1.29 is 0 Å².